The zero-order chi connectivity index (χ0) is 27.8. The van der Waals surface area contributed by atoms with Crippen LogP contribution >= 0.6 is 22.9 Å². The number of rotatable bonds is 7. The van der Waals surface area contributed by atoms with Gasteiger partial charge in [0.1, 0.15) is 24.8 Å². The smallest absolute Gasteiger partial charge is 0.251 e. The number of nitrogens with zero attached hydrogens (tertiary/aromatic N) is 4. The van der Waals surface area contributed by atoms with Crippen LogP contribution in [0.25, 0.3) is 11.3 Å². The highest BCUT2D eigenvalue weighted by Gasteiger charge is 2.53. The van der Waals surface area contributed by atoms with Gasteiger partial charge in [0.05, 0.1) is 11.1 Å². The van der Waals surface area contributed by atoms with E-state index in [1.54, 1.807) is 17.4 Å². The molecule has 2 aromatic rings. The molecule has 5 rings (SSSR count). The van der Waals surface area contributed by atoms with Crippen LogP contribution in [0, 0.1) is 12.8 Å². The molecule has 0 radical (unpaired) electrons. The van der Waals surface area contributed by atoms with Gasteiger partial charge in [0.2, 0.25) is 5.91 Å². The minimum absolute atomic E-state index is 0.0375. The van der Waals surface area contributed by atoms with E-state index in [0.29, 0.717) is 12.0 Å². The number of benzene rings is 1. The fraction of sp³-hybridized carbons (Fsp3) is 0.571. The van der Waals surface area contributed by atoms with E-state index in [4.69, 9.17) is 21.3 Å². The van der Waals surface area contributed by atoms with Crippen LogP contribution < -0.4 is 10.2 Å². The topological polar surface area (TPSA) is 95.1 Å². The number of thiazole rings is 1. The maximum Gasteiger partial charge on any atom is 0.251 e. The van der Waals surface area contributed by atoms with Crippen molar-refractivity contribution in [1.29, 1.82) is 0 Å². The number of hydrogen-bond donors (Lipinski definition) is 1. The highest BCUT2D eigenvalue weighted by Crippen LogP contribution is 2.33. The van der Waals surface area contributed by atoms with Crippen molar-refractivity contribution in [1.82, 2.24) is 20.1 Å². The maximum atomic E-state index is 13.6. The summed E-state index contributed by atoms with van der Waals surface area (Å²) in [5.41, 5.74) is 3.29. The van der Waals surface area contributed by atoms with Crippen molar-refractivity contribution in [3.8, 4) is 11.3 Å². The third-order valence-electron chi connectivity index (χ3n) is 8.20. The molecule has 0 bridgehead atoms. The first-order valence-electron chi connectivity index (χ1n) is 13.6. The Morgan fingerprint density at radius 1 is 1.26 bits per heavy atom. The summed E-state index contributed by atoms with van der Waals surface area (Å²) in [4.78, 5) is 50.5. The van der Waals surface area contributed by atoms with Crippen LogP contribution in [0.3, 0.4) is 0 Å². The Morgan fingerprint density at radius 2 is 2.00 bits per heavy atom. The molecule has 2 amide bonds. The molecule has 3 saturated heterocycles. The lowest BCUT2D eigenvalue weighted by atomic mass is 9.96. The summed E-state index contributed by atoms with van der Waals surface area (Å²) in [5, 5.41) is 5.59. The Hall–Kier alpha value is -2.53. The van der Waals surface area contributed by atoms with Gasteiger partial charge < -0.3 is 24.8 Å². The number of alkyl halides is 1. The molecule has 4 heterocycles. The number of ketones is 1. The standard InChI is InChI=1S/C28H36ClN5O4S/c1-5-16(2)23(27(37)34-13-20(29)25-24(34)22(35)14-38-25)31-26(36)18-6-7-19(17(3)12-18)21-15-39-28(30-21)33-10-8-32(4)9-11-33/h6-7,12,15-16,20,23-25H,5,8-11,13-14H2,1-4H3,(H,31,36). The van der Waals surface area contributed by atoms with Crippen LogP contribution in [-0.2, 0) is 14.3 Å². The molecule has 1 aromatic heterocycles. The molecule has 5 atom stereocenters. The van der Waals surface area contributed by atoms with Crippen LogP contribution in [0.2, 0.25) is 0 Å². The summed E-state index contributed by atoms with van der Waals surface area (Å²) in [5.74, 6) is -0.890. The van der Waals surface area contributed by atoms with Crippen molar-refractivity contribution >= 4 is 45.7 Å². The highest BCUT2D eigenvalue weighted by atomic mass is 35.5. The number of ether oxygens (including phenoxy) is 1. The van der Waals surface area contributed by atoms with Gasteiger partial charge in [-0.2, -0.15) is 0 Å². The van der Waals surface area contributed by atoms with Crippen molar-refractivity contribution in [3.05, 3.63) is 34.7 Å². The van der Waals surface area contributed by atoms with Gasteiger partial charge >= 0.3 is 0 Å². The molecule has 0 spiro atoms. The fourth-order valence-electron chi connectivity index (χ4n) is 5.53. The predicted octanol–water partition coefficient (Wildman–Crippen LogP) is 2.80. The Labute approximate surface area is 238 Å². The minimum Gasteiger partial charge on any atom is -0.366 e. The SMILES string of the molecule is CCC(C)C(NC(=O)c1ccc(-c2csc(N3CCN(C)CC3)n2)c(C)c1)C(=O)N1CC(Cl)C2OCC(=O)C21. The largest absolute Gasteiger partial charge is 0.366 e. The quantitative estimate of drug-likeness (QED) is 0.509. The number of aromatic nitrogens is 1. The first-order valence-corrected chi connectivity index (χ1v) is 14.9. The number of hydrogen-bond acceptors (Lipinski definition) is 8. The number of fused-ring (bicyclic) bond motifs is 1. The second-order valence-electron chi connectivity index (χ2n) is 10.9. The van der Waals surface area contributed by atoms with Gasteiger partial charge in [-0.3, -0.25) is 14.4 Å². The number of anilines is 1. The third-order valence-corrected chi connectivity index (χ3v) is 9.49. The Bertz CT molecular complexity index is 1250. The normalized spacial score (nSPS) is 25.1. The van der Waals surface area contributed by atoms with Gasteiger partial charge in [-0.05, 0) is 37.6 Å². The number of aryl methyl sites for hydroxylation is 1. The number of likely N-dealkylation sites (N-methyl/N-ethyl adjacent to an activating group) is 1. The molecule has 11 heteroatoms. The molecule has 1 aromatic carbocycles. The lowest BCUT2D eigenvalue weighted by Crippen LogP contribution is -2.54. The van der Waals surface area contributed by atoms with E-state index in [1.165, 1.54) is 4.90 Å². The molecule has 1 N–H and O–H groups in total. The van der Waals surface area contributed by atoms with Crippen molar-refractivity contribution < 1.29 is 19.1 Å². The molecule has 3 aliphatic rings. The second kappa shape index (κ2) is 11.5. The zero-order valence-electron chi connectivity index (χ0n) is 22.9. The summed E-state index contributed by atoms with van der Waals surface area (Å²) in [6.07, 6.45) is 0.194. The Balaban J connectivity index is 1.30. The van der Waals surface area contributed by atoms with Crippen LogP contribution in [0.15, 0.2) is 23.6 Å². The van der Waals surface area contributed by atoms with Gasteiger partial charge in [0.25, 0.3) is 5.91 Å². The van der Waals surface area contributed by atoms with Crippen LogP contribution in [0.5, 0.6) is 0 Å². The number of nitrogens with one attached hydrogen (secondary N) is 1. The summed E-state index contributed by atoms with van der Waals surface area (Å²) in [6.45, 7) is 10.0. The number of piperazine rings is 1. The average molecular weight is 574 g/mol. The van der Waals surface area contributed by atoms with Gasteiger partial charge in [0.15, 0.2) is 10.9 Å². The van der Waals surface area contributed by atoms with Crippen molar-refractivity contribution in [2.75, 3.05) is 51.3 Å². The predicted molar refractivity (Wildman–Crippen MR) is 153 cm³/mol. The summed E-state index contributed by atoms with van der Waals surface area (Å²) < 4.78 is 5.53. The molecule has 0 saturated carbocycles. The third kappa shape index (κ3) is 5.57. The van der Waals surface area contributed by atoms with Gasteiger partial charge in [-0.1, -0.05) is 26.3 Å². The first-order chi connectivity index (χ1) is 18.7. The molecule has 3 aliphatic heterocycles. The van der Waals surface area contributed by atoms with Crippen molar-refractivity contribution in [2.24, 2.45) is 5.92 Å². The van der Waals surface area contributed by atoms with E-state index in [2.05, 4.69) is 27.5 Å². The van der Waals surface area contributed by atoms with E-state index in [-0.39, 0.29) is 36.7 Å². The van der Waals surface area contributed by atoms with Gasteiger partial charge in [0, 0.05) is 49.2 Å². The number of likely N-dealkylation sites (tertiary alicyclic amines) is 1. The molecule has 3 fully saturated rings. The van der Waals surface area contributed by atoms with Gasteiger partial charge in [-0.15, -0.1) is 22.9 Å². The lowest BCUT2D eigenvalue weighted by molar-refractivity contribution is -0.139. The summed E-state index contributed by atoms with van der Waals surface area (Å²) in [7, 11) is 2.13. The van der Waals surface area contributed by atoms with E-state index < -0.39 is 23.6 Å². The van der Waals surface area contributed by atoms with E-state index in [9.17, 15) is 14.4 Å². The van der Waals surface area contributed by atoms with E-state index in [1.807, 2.05) is 32.9 Å². The summed E-state index contributed by atoms with van der Waals surface area (Å²) in [6, 6.07) is 4.08. The molecule has 5 unspecified atom stereocenters. The number of halogens is 1. The van der Waals surface area contributed by atoms with E-state index >= 15 is 0 Å². The lowest BCUT2D eigenvalue weighted by Gasteiger charge is -2.32. The van der Waals surface area contributed by atoms with Crippen molar-refractivity contribution in [3.63, 3.8) is 0 Å². The van der Waals surface area contributed by atoms with Crippen LogP contribution in [0.1, 0.15) is 36.2 Å². The molecule has 9 nitrogen and oxygen atoms in total. The number of amides is 2. The molecular formula is C28H36ClN5O4S. The first kappa shape index (κ1) is 28.0. The Kier molecular flexibility index (Phi) is 8.28. The van der Waals surface area contributed by atoms with Crippen LogP contribution in [0.4, 0.5) is 5.13 Å². The molecule has 210 valence electrons. The minimum atomic E-state index is -0.775. The zero-order valence-corrected chi connectivity index (χ0v) is 24.4. The van der Waals surface area contributed by atoms with Crippen molar-refractivity contribution in [2.45, 2.75) is 50.8 Å². The summed E-state index contributed by atoms with van der Waals surface area (Å²) >= 11 is 8.04. The van der Waals surface area contributed by atoms with Gasteiger partial charge in [-0.25, -0.2) is 4.98 Å². The van der Waals surface area contributed by atoms with E-state index in [0.717, 1.165) is 48.1 Å². The Morgan fingerprint density at radius 3 is 2.69 bits per heavy atom. The average Bonchev–Trinajstić information content (AvgIpc) is 3.64. The molecule has 39 heavy (non-hydrogen) atoms. The second-order valence-corrected chi connectivity index (χ2v) is 12.3. The van der Waals surface area contributed by atoms with Crippen LogP contribution in [-0.4, -0.2) is 102 Å². The highest BCUT2D eigenvalue weighted by molar-refractivity contribution is 7.14. The molecular weight excluding hydrogens is 538 g/mol. The molecule has 0 aliphatic carbocycles. The fourth-order valence-corrected chi connectivity index (χ4v) is 6.77. The number of carbonyl (C=O) groups is 3. The number of carbonyl (C=O) groups excluding carboxylic acids is 3. The number of Topliss-reactive ketones (excluding diaryl/α,β-unsaturated/α-hetero) is 1. The maximum absolute atomic E-state index is 13.6. The monoisotopic (exact) mass is 573 g/mol.